The van der Waals surface area contributed by atoms with E-state index >= 15 is 0 Å². The van der Waals surface area contributed by atoms with Crippen LogP contribution in [0.5, 0.6) is 0 Å². The topological polar surface area (TPSA) is 56.5 Å². The van der Waals surface area contributed by atoms with Crippen molar-refractivity contribution in [2.45, 2.75) is 19.6 Å². The van der Waals surface area contributed by atoms with Crippen LogP contribution in [-0.2, 0) is 12.7 Å². The maximum absolute atomic E-state index is 12.6. The van der Waals surface area contributed by atoms with E-state index in [0.29, 0.717) is 12.2 Å². The zero-order chi connectivity index (χ0) is 15.7. The largest absolute Gasteiger partial charge is 0.434 e. The minimum atomic E-state index is -4.47. The molecule has 0 amide bonds. The highest BCUT2D eigenvalue weighted by Crippen LogP contribution is 2.32. The lowest BCUT2D eigenvalue weighted by Crippen LogP contribution is -2.05. The second-order valence-electron chi connectivity index (χ2n) is 4.33. The van der Waals surface area contributed by atoms with E-state index in [1.807, 2.05) is 6.92 Å². The van der Waals surface area contributed by atoms with Gasteiger partial charge in [0.15, 0.2) is 16.5 Å². The van der Waals surface area contributed by atoms with E-state index in [1.54, 1.807) is 23.1 Å². The monoisotopic (exact) mass is 324 g/mol. The molecule has 0 atom stereocenters. The zero-order valence-electron chi connectivity index (χ0n) is 11.3. The molecular formula is C13H9F3N5S. The van der Waals surface area contributed by atoms with E-state index < -0.39 is 11.9 Å². The van der Waals surface area contributed by atoms with Gasteiger partial charge in [0, 0.05) is 23.7 Å². The van der Waals surface area contributed by atoms with Crippen molar-refractivity contribution >= 4 is 11.3 Å². The molecule has 113 valence electrons. The Morgan fingerprint density at radius 1 is 1.32 bits per heavy atom. The highest BCUT2D eigenvalue weighted by atomic mass is 32.1. The maximum Gasteiger partial charge on any atom is 0.434 e. The first-order valence-electron chi connectivity index (χ1n) is 6.28. The molecule has 0 aliphatic heterocycles. The Balaban J connectivity index is 1.95. The molecule has 0 aliphatic carbocycles. The highest BCUT2D eigenvalue weighted by Gasteiger charge is 2.34. The third-order valence-corrected chi connectivity index (χ3v) is 3.68. The van der Waals surface area contributed by atoms with Crippen LogP contribution in [0.3, 0.4) is 0 Å². The lowest BCUT2D eigenvalue weighted by Gasteiger charge is -2.00. The molecule has 0 aliphatic rings. The van der Waals surface area contributed by atoms with Crippen LogP contribution in [0.15, 0.2) is 23.8 Å². The standard InChI is InChI=1S/C13H9F3N5S/c1-2-21-6-8(5-18-21)9-3-4-17-11(19-9)12-20-10(7-22-12)13(14,15)16/h3,5-7H,2H2,1H3. The van der Waals surface area contributed by atoms with Crippen LogP contribution >= 0.6 is 11.3 Å². The number of hydrogen-bond acceptors (Lipinski definition) is 5. The van der Waals surface area contributed by atoms with Gasteiger partial charge in [-0.25, -0.2) is 15.0 Å². The van der Waals surface area contributed by atoms with Crippen molar-refractivity contribution in [3.8, 4) is 22.1 Å². The molecule has 0 fully saturated rings. The minimum Gasteiger partial charge on any atom is -0.272 e. The van der Waals surface area contributed by atoms with Crippen LogP contribution in [0, 0.1) is 6.20 Å². The summed E-state index contributed by atoms with van der Waals surface area (Å²) in [7, 11) is 0. The van der Waals surface area contributed by atoms with Crippen molar-refractivity contribution in [3.05, 3.63) is 35.7 Å². The van der Waals surface area contributed by atoms with E-state index in [0.717, 1.165) is 22.3 Å². The molecule has 3 aromatic heterocycles. The first kappa shape index (κ1) is 14.6. The van der Waals surface area contributed by atoms with Gasteiger partial charge in [0.2, 0.25) is 0 Å². The van der Waals surface area contributed by atoms with Crippen LogP contribution in [0.4, 0.5) is 13.2 Å². The van der Waals surface area contributed by atoms with Crippen molar-refractivity contribution in [2.75, 3.05) is 0 Å². The van der Waals surface area contributed by atoms with Crippen LogP contribution < -0.4 is 0 Å². The Labute approximate surface area is 127 Å². The van der Waals surface area contributed by atoms with Gasteiger partial charge in [-0.2, -0.15) is 18.3 Å². The Morgan fingerprint density at radius 3 is 2.77 bits per heavy atom. The first-order valence-corrected chi connectivity index (χ1v) is 7.16. The fourth-order valence-electron chi connectivity index (χ4n) is 1.74. The average molecular weight is 324 g/mol. The SMILES string of the molecule is CCn1cc(-c2c[c]nc(-c3nc(C(F)(F)F)cs3)n2)cn1. The summed E-state index contributed by atoms with van der Waals surface area (Å²) in [5.41, 5.74) is 0.336. The summed E-state index contributed by atoms with van der Waals surface area (Å²) in [4.78, 5) is 11.7. The molecule has 0 saturated heterocycles. The number of aryl methyl sites for hydroxylation is 1. The number of nitrogens with zero attached hydrogens (tertiary/aromatic N) is 5. The van der Waals surface area contributed by atoms with Crippen molar-refractivity contribution in [1.82, 2.24) is 24.7 Å². The van der Waals surface area contributed by atoms with Gasteiger partial charge in [0.25, 0.3) is 0 Å². The third-order valence-electron chi connectivity index (χ3n) is 2.84. The number of aromatic nitrogens is 5. The van der Waals surface area contributed by atoms with E-state index in [2.05, 4.69) is 26.2 Å². The molecule has 0 unspecified atom stereocenters. The summed E-state index contributed by atoms with van der Waals surface area (Å²) >= 11 is 0.846. The second kappa shape index (κ2) is 5.48. The van der Waals surface area contributed by atoms with Gasteiger partial charge < -0.3 is 0 Å². The number of thiazole rings is 1. The number of hydrogen-bond donors (Lipinski definition) is 0. The Bertz CT molecular complexity index is 793. The lowest BCUT2D eigenvalue weighted by molar-refractivity contribution is -0.140. The molecule has 0 saturated carbocycles. The van der Waals surface area contributed by atoms with Crippen LogP contribution in [0.1, 0.15) is 12.6 Å². The lowest BCUT2D eigenvalue weighted by atomic mass is 10.2. The normalized spacial score (nSPS) is 11.8. The fraction of sp³-hybridized carbons (Fsp3) is 0.231. The zero-order valence-corrected chi connectivity index (χ0v) is 12.1. The molecular weight excluding hydrogens is 315 g/mol. The van der Waals surface area contributed by atoms with Crippen molar-refractivity contribution in [3.63, 3.8) is 0 Å². The summed E-state index contributed by atoms with van der Waals surface area (Å²) in [6, 6.07) is 1.55. The van der Waals surface area contributed by atoms with Gasteiger partial charge in [-0.1, -0.05) is 0 Å². The number of alkyl halides is 3. The van der Waals surface area contributed by atoms with Crippen molar-refractivity contribution in [1.29, 1.82) is 0 Å². The quantitative estimate of drug-likeness (QED) is 0.742. The van der Waals surface area contributed by atoms with Crippen molar-refractivity contribution < 1.29 is 13.2 Å². The summed E-state index contributed by atoms with van der Waals surface area (Å²) in [6.07, 6.45) is 1.59. The van der Waals surface area contributed by atoms with Crippen LogP contribution in [0.2, 0.25) is 0 Å². The Morgan fingerprint density at radius 2 is 2.14 bits per heavy atom. The number of rotatable bonds is 3. The van der Waals surface area contributed by atoms with Crippen LogP contribution in [0.25, 0.3) is 22.1 Å². The Hall–Kier alpha value is -2.29. The molecule has 1 radical (unpaired) electrons. The van der Waals surface area contributed by atoms with E-state index in [-0.39, 0.29) is 10.8 Å². The third kappa shape index (κ3) is 2.84. The van der Waals surface area contributed by atoms with Crippen LogP contribution in [-0.4, -0.2) is 24.7 Å². The van der Waals surface area contributed by atoms with E-state index in [9.17, 15) is 13.2 Å². The van der Waals surface area contributed by atoms with Gasteiger partial charge >= 0.3 is 6.18 Å². The fourth-order valence-corrected chi connectivity index (χ4v) is 2.50. The van der Waals surface area contributed by atoms with E-state index in [1.165, 1.54) is 0 Å². The predicted molar refractivity (Wildman–Crippen MR) is 73.9 cm³/mol. The summed E-state index contributed by atoms with van der Waals surface area (Å²) in [6.45, 7) is 2.66. The summed E-state index contributed by atoms with van der Waals surface area (Å²) < 4.78 is 39.5. The molecule has 22 heavy (non-hydrogen) atoms. The van der Waals surface area contributed by atoms with Gasteiger partial charge in [-0.15, -0.1) is 11.3 Å². The summed E-state index contributed by atoms with van der Waals surface area (Å²) in [5.74, 6) is 0.113. The molecule has 9 heteroatoms. The molecule has 3 aromatic rings. The highest BCUT2D eigenvalue weighted by molar-refractivity contribution is 7.13. The smallest absolute Gasteiger partial charge is 0.272 e. The second-order valence-corrected chi connectivity index (χ2v) is 5.18. The summed E-state index contributed by atoms with van der Waals surface area (Å²) in [5, 5.41) is 5.18. The van der Waals surface area contributed by atoms with Gasteiger partial charge in [-0.05, 0) is 13.0 Å². The van der Waals surface area contributed by atoms with Gasteiger partial charge in [-0.3, -0.25) is 4.68 Å². The van der Waals surface area contributed by atoms with E-state index in [4.69, 9.17) is 0 Å². The minimum absolute atomic E-state index is 0.105. The molecule has 0 bridgehead atoms. The van der Waals surface area contributed by atoms with Crippen molar-refractivity contribution in [2.24, 2.45) is 0 Å². The maximum atomic E-state index is 12.6. The Kier molecular flexibility index (Phi) is 3.65. The molecule has 0 spiro atoms. The molecule has 5 nitrogen and oxygen atoms in total. The average Bonchev–Trinajstić information content (AvgIpc) is 3.16. The molecule has 3 heterocycles. The predicted octanol–water partition coefficient (Wildman–Crippen LogP) is 3.30. The molecule has 0 aromatic carbocycles. The number of halogens is 3. The van der Waals surface area contributed by atoms with Gasteiger partial charge in [0.1, 0.15) is 0 Å². The molecule has 0 N–H and O–H groups in total. The first-order chi connectivity index (χ1) is 10.5. The van der Waals surface area contributed by atoms with Gasteiger partial charge in [0.05, 0.1) is 18.1 Å². The molecule has 3 rings (SSSR count).